The summed E-state index contributed by atoms with van der Waals surface area (Å²) < 4.78 is 12.2. The van der Waals surface area contributed by atoms with Crippen molar-refractivity contribution in [3.63, 3.8) is 0 Å². The summed E-state index contributed by atoms with van der Waals surface area (Å²) in [4.78, 5) is 16.3. The van der Waals surface area contributed by atoms with Gasteiger partial charge in [0.1, 0.15) is 17.6 Å². The van der Waals surface area contributed by atoms with Crippen molar-refractivity contribution in [3.8, 4) is 17.3 Å². The summed E-state index contributed by atoms with van der Waals surface area (Å²) in [6.45, 7) is 2.24. The third kappa shape index (κ3) is 3.31. The van der Waals surface area contributed by atoms with E-state index in [-0.39, 0.29) is 11.4 Å². The van der Waals surface area contributed by atoms with Gasteiger partial charge in [0.25, 0.3) is 0 Å². The molecule has 0 aliphatic rings. The molecule has 23 heavy (non-hydrogen) atoms. The monoisotopic (exact) mass is 311 g/mol. The molecule has 0 unspecified atom stereocenters. The van der Waals surface area contributed by atoms with Crippen molar-refractivity contribution >= 4 is 5.97 Å². The zero-order valence-corrected chi connectivity index (χ0v) is 12.3. The van der Waals surface area contributed by atoms with E-state index in [1.165, 1.54) is 11.0 Å². The van der Waals surface area contributed by atoms with Crippen LogP contribution in [-0.4, -0.2) is 37.8 Å². The van der Waals surface area contributed by atoms with E-state index in [0.717, 1.165) is 5.69 Å². The molecule has 3 rings (SSSR count). The van der Waals surface area contributed by atoms with Crippen LogP contribution in [0.1, 0.15) is 17.3 Å². The first-order chi connectivity index (χ1) is 11.3. The van der Waals surface area contributed by atoms with Crippen LogP contribution in [-0.2, 0) is 0 Å². The Labute approximate surface area is 131 Å². The minimum absolute atomic E-state index is 0.255. The maximum Gasteiger partial charge on any atom is 0.349 e. The third-order valence-corrected chi connectivity index (χ3v) is 2.93. The molecule has 0 fully saturated rings. The fourth-order valence-electron chi connectivity index (χ4n) is 1.91. The molecule has 8 nitrogen and oxygen atoms in total. The Hall–Kier alpha value is -3.29. The summed E-state index contributed by atoms with van der Waals surface area (Å²) in [6, 6.07) is 10.1. The number of nitrogens with zero attached hydrogens (tertiary/aromatic N) is 5. The van der Waals surface area contributed by atoms with Gasteiger partial charge in [-0.05, 0) is 53.7 Å². The first-order valence-electron chi connectivity index (χ1n) is 6.91. The van der Waals surface area contributed by atoms with E-state index < -0.39 is 5.97 Å². The summed E-state index contributed by atoms with van der Waals surface area (Å²) in [7, 11) is 0. The minimum Gasteiger partial charge on any atom is -0.477 e. The molecule has 0 aliphatic carbocycles. The van der Waals surface area contributed by atoms with Gasteiger partial charge in [0.2, 0.25) is 5.88 Å². The molecule has 0 atom stereocenters. The predicted octanol–water partition coefficient (Wildman–Crippen LogP) is 1.68. The van der Waals surface area contributed by atoms with Crippen LogP contribution in [0.25, 0.3) is 5.69 Å². The molecule has 3 aromatic rings. The number of pyridine rings is 1. The van der Waals surface area contributed by atoms with Gasteiger partial charge in [-0.1, -0.05) is 0 Å². The third-order valence-electron chi connectivity index (χ3n) is 2.93. The standard InChI is InChI=1S/C15H13N5O3/c1-2-22-14-13(4-3-9-16-14)15(21)23-12-7-5-11(6-8-12)20-10-17-18-19-20/h3-10H,2H2,1H3. The molecule has 0 saturated carbocycles. The van der Waals surface area contributed by atoms with E-state index in [1.807, 2.05) is 6.92 Å². The Bertz CT molecular complexity index is 787. The highest BCUT2D eigenvalue weighted by molar-refractivity contribution is 5.93. The second kappa shape index (κ2) is 6.65. The van der Waals surface area contributed by atoms with Crippen LogP contribution in [0.4, 0.5) is 0 Å². The predicted molar refractivity (Wildman–Crippen MR) is 79.5 cm³/mol. The van der Waals surface area contributed by atoms with Gasteiger partial charge in [-0.2, -0.15) is 0 Å². The van der Waals surface area contributed by atoms with Crippen molar-refractivity contribution in [2.75, 3.05) is 6.61 Å². The fourth-order valence-corrected chi connectivity index (χ4v) is 1.91. The minimum atomic E-state index is -0.531. The molecule has 1 aromatic carbocycles. The SMILES string of the molecule is CCOc1ncccc1C(=O)Oc1ccc(-n2cnnn2)cc1. The van der Waals surface area contributed by atoms with Crippen LogP contribution in [0.15, 0.2) is 48.9 Å². The number of carbonyl (C=O) groups excluding carboxylic acids is 1. The lowest BCUT2D eigenvalue weighted by Gasteiger charge is -2.09. The maximum absolute atomic E-state index is 12.2. The number of carbonyl (C=O) groups is 1. The summed E-state index contributed by atoms with van der Waals surface area (Å²) in [5, 5.41) is 10.9. The number of hydrogen-bond acceptors (Lipinski definition) is 7. The molecule has 2 heterocycles. The first kappa shape index (κ1) is 14.6. The van der Waals surface area contributed by atoms with Gasteiger partial charge in [-0.15, -0.1) is 5.10 Å². The number of tetrazole rings is 1. The molecular weight excluding hydrogens is 298 g/mol. The molecule has 0 N–H and O–H groups in total. The van der Waals surface area contributed by atoms with Gasteiger partial charge < -0.3 is 9.47 Å². The largest absolute Gasteiger partial charge is 0.477 e. The van der Waals surface area contributed by atoms with E-state index >= 15 is 0 Å². The Morgan fingerprint density at radius 2 is 2.04 bits per heavy atom. The molecule has 0 saturated heterocycles. The van der Waals surface area contributed by atoms with Crippen molar-refractivity contribution < 1.29 is 14.3 Å². The Morgan fingerprint density at radius 1 is 1.22 bits per heavy atom. The van der Waals surface area contributed by atoms with Crippen molar-refractivity contribution in [2.24, 2.45) is 0 Å². The van der Waals surface area contributed by atoms with Crippen molar-refractivity contribution in [3.05, 3.63) is 54.5 Å². The van der Waals surface area contributed by atoms with Gasteiger partial charge in [0, 0.05) is 6.20 Å². The zero-order chi connectivity index (χ0) is 16.1. The molecule has 0 radical (unpaired) electrons. The van der Waals surface area contributed by atoms with E-state index in [0.29, 0.717) is 12.4 Å². The smallest absolute Gasteiger partial charge is 0.349 e. The van der Waals surface area contributed by atoms with Crippen LogP contribution in [0, 0.1) is 0 Å². The molecular formula is C15H13N5O3. The number of ether oxygens (including phenoxy) is 2. The van der Waals surface area contributed by atoms with Gasteiger partial charge in [0.15, 0.2) is 0 Å². The molecule has 0 amide bonds. The van der Waals surface area contributed by atoms with Gasteiger partial charge >= 0.3 is 5.97 Å². The Balaban J connectivity index is 1.75. The summed E-state index contributed by atoms with van der Waals surface area (Å²) in [5.41, 5.74) is 1.03. The molecule has 0 bridgehead atoms. The average molecular weight is 311 g/mol. The van der Waals surface area contributed by atoms with Crippen molar-refractivity contribution in [1.29, 1.82) is 0 Å². The number of benzene rings is 1. The average Bonchev–Trinajstić information content (AvgIpc) is 3.11. The van der Waals surface area contributed by atoms with Crippen LogP contribution < -0.4 is 9.47 Å². The van der Waals surface area contributed by atoms with Crippen molar-refractivity contribution in [1.82, 2.24) is 25.2 Å². The second-order valence-electron chi connectivity index (χ2n) is 4.43. The van der Waals surface area contributed by atoms with Crippen LogP contribution >= 0.6 is 0 Å². The normalized spacial score (nSPS) is 10.3. The van der Waals surface area contributed by atoms with Crippen molar-refractivity contribution in [2.45, 2.75) is 6.92 Å². The van der Waals surface area contributed by atoms with Crippen LogP contribution in [0.3, 0.4) is 0 Å². The lowest BCUT2D eigenvalue weighted by atomic mass is 10.2. The highest BCUT2D eigenvalue weighted by Gasteiger charge is 2.15. The molecule has 116 valence electrons. The topological polar surface area (TPSA) is 92.0 Å². The summed E-state index contributed by atoms with van der Waals surface area (Å²) in [5.74, 6) is 0.125. The van der Waals surface area contributed by atoms with Gasteiger partial charge in [0.05, 0.1) is 12.3 Å². The molecule has 0 spiro atoms. The fraction of sp³-hybridized carbons (Fsp3) is 0.133. The van der Waals surface area contributed by atoms with E-state index in [4.69, 9.17) is 9.47 Å². The zero-order valence-electron chi connectivity index (χ0n) is 12.3. The molecule has 8 heteroatoms. The first-order valence-corrected chi connectivity index (χ1v) is 6.91. The Kier molecular flexibility index (Phi) is 4.23. The van der Waals surface area contributed by atoms with E-state index in [9.17, 15) is 4.79 Å². The summed E-state index contributed by atoms with van der Waals surface area (Å²) >= 11 is 0. The second-order valence-corrected chi connectivity index (χ2v) is 4.43. The van der Waals surface area contributed by atoms with Crippen LogP contribution in [0.2, 0.25) is 0 Å². The van der Waals surface area contributed by atoms with E-state index in [1.54, 1.807) is 42.6 Å². The lowest BCUT2D eigenvalue weighted by molar-refractivity contribution is 0.0729. The van der Waals surface area contributed by atoms with Gasteiger partial charge in [-0.25, -0.2) is 14.5 Å². The number of hydrogen-bond donors (Lipinski definition) is 0. The molecule has 0 aliphatic heterocycles. The number of rotatable bonds is 5. The van der Waals surface area contributed by atoms with E-state index in [2.05, 4.69) is 20.5 Å². The van der Waals surface area contributed by atoms with Crippen LogP contribution in [0.5, 0.6) is 11.6 Å². The number of esters is 1. The lowest BCUT2D eigenvalue weighted by Crippen LogP contribution is -2.11. The molecule has 2 aromatic heterocycles. The summed E-state index contributed by atoms with van der Waals surface area (Å²) in [6.07, 6.45) is 3.04. The maximum atomic E-state index is 12.2. The Morgan fingerprint density at radius 3 is 2.74 bits per heavy atom. The quantitative estimate of drug-likeness (QED) is 0.523. The van der Waals surface area contributed by atoms with Gasteiger partial charge in [-0.3, -0.25) is 0 Å². The highest BCUT2D eigenvalue weighted by atomic mass is 16.5. The highest BCUT2D eigenvalue weighted by Crippen LogP contribution is 2.19. The number of aromatic nitrogens is 5.